The van der Waals surface area contributed by atoms with Crippen molar-refractivity contribution in [3.8, 4) is 23.3 Å². The van der Waals surface area contributed by atoms with E-state index in [4.69, 9.17) is 28.2 Å². The van der Waals surface area contributed by atoms with Crippen molar-refractivity contribution in [3.05, 3.63) is 52.4 Å². The molecule has 2 aromatic heterocycles. The fourth-order valence-electron chi connectivity index (χ4n) is 4.32. The quantitative estimate of drug-likeness (QED) is 0.539. The highest BCUT2D eigenvalue weighted by atomic mass is 35.5. The molecule has 2 aliphatic rings. The number of rotatable bonds is 6. The topological polar surface area (TPSA) is 99.7 Å². The monoisotopic (exact) mass is 495 g/mol. The van der Waals surface area contributed by atoms with Crippen LogP contribution in [0.2, 0.25) is 10.0 Å². The molecule has 1 aliphatic carbocycles. The van der Waals surface area contributed by atoms with Gasteiger partial charge in [-0.15, -0.1) is 0 Å². The summed E-state index contributed by atoms with van der Waals surface area (Å²) in [5.41, 5.74) is 1.32. The van der Waals surface area contributed by atoms with Gasteiger partial charge >= 0.3 is 0 Å². The van der Waals surface area contributed by atoms with E-state index in [1.165, 1.54) is 0 Å². The highest BCUT2D eigenvalue weighted by molar-refractivity contribution is 6.43. The van der Waals surface area contributed by atoms with E-state index in [0.29, 0.717) is 45.4 Å². The number of nitrogens with one attached hydrogen (secondary N) is 1. The Morgan fingerprint density at radius 1 is 1.21 bits per heavy atom. The smallest absolute Gasteiger partial charge is 0.225 e. The van der Waals surface area contributed by atoms with Crippen molar-refractivity contribution in [2.75, 3.05) is 18.4 Å². The van der Waals surface area contributed by atoms with Gasteiger partial charge in [0.25, 0.3) is 0 Å². The van der Waals surface area contributed by atoms with Crippen LogP contribution < -0.4 is 5.32 Å². The van der Waals surface area contributed by atoms with Gasteiger partial charge in [-0.3, -0.25) is 9.36 Å². The Bertz CT molecular complexity index is 1260. The number of aromatic nitrogens is 4. The number of nitriles is 1. The first-order valence-corrected chi connectivity index (χ1v) is 12.1. The molecular formula is C24H23Cl2N7O. The number of piperidine rings is 1. The maximum atomic E-state index is 12.5. The molecule has 10 heteroatoms. The molecule has 1 saturated heterocycles. The first-order valence-electron chi connectivity index (χ1n) is 11.3. The van der Waals surface area contributed by atoms with Crippen LogP contribution in [0, 0.1) is 17.2 Å². The minimum absolute atomic E-state index is 0.0786. The normalized spacial score (nSPS) is 17.9. The lowest BCUT2D eigenvalue weighted by Gasteiger charge is -2.33. The summed E-state index contributed by atoms with van der Waals surface area (Å²) in [6.45, 7) is 1.46. The lowest BCUT2D eigenvalue weighted by atomic mass is 10.1. The molecule has 1 unspecified atom stereocenters. The molecule has 3 aromatic rings. The van der Waals surface area contributed by atoms with Crippen LogP contribution in [-0.2, 0) is 11.2 Å². The van der Waals surface area contributed by atoms with Crippen LogP contribution in [0.3, 0.4) is 0 Å². The number of benzene rings is 1. The highest BCUT2D eigenvalue weighted by Gasteiger charge is 2.35. The molecule has 5 rings (SSSR count). The van der Waals surface area contributed by atoms with E-state index in [-0.39, 0.29) is 24.3 Å². The van der Waals surface area contributed by atoms with E-state index >= 15 is 0 Å². The Labute approximate surface area is 207 Å². The fraction of sp³-hybridized carbons (Fsp3) is 0.375. The van der Waals surface area contributed by atoms with Gasteiger partial charge in [-0.25, -0.2) is 9.97 Å². The average Bonchev–Trinajstić information content (AvgIpc) is 3.61. The molecule has 1 N–H and O–H groups in total. The molecule has 2 fully saturated rings. The molecule has 174 valence electrons. The van der Waals surface area contributed by atoms with Crippen molar-refractivity contribution >= 4 is 35.1 Å². The first kappa shape index (κ1) is 22.6. The zero-order chi connectivity index (χ0) is 23.7. The molecule has 1 aliphatic heterocycles. The first-order chi connectivity index (χ1) is 16.5. The van der Waals surface area contributed by atoms with Crippen LogP contribution in [-0.4, -0.2) is 49.5 Å². The van der Waals surface area contributed by atoms with Crippen LogP contribution in [0.1, 0.15) is 31.4 Å². The molecule has 8 nitrogen and oxygen atoms in total. The highest BCUT2D eigenvalue weighted by Crippen LogP contribution is 2.35. The molecule has 34 heavy (non-hydrogen) atoms. The minimum Gasteiger partial charge on any atom is -0.350 e. The molecule has 1 saturated carbocycles. The van der Waals surface area contributed by atoms with Crippen LogP contribution in [0.25, 0.3) is 17.2 Å². The maximum absolute atomic E-state index is 12.5. The lowest BCUT2D eigenvalue weighted by molar-refractivity contribution is -0.133. The summed E-state index contributed by atoms with van der Waals surface area (Å²) in [5, 5.41) is 13.5. The summed E-state index contributed by atoms with van der Waals surface area (Å²) < 4.78 is 1.80. The number of halogens is 2. The van der Waals surface area contributed by atoms with E-state index in [0.717, 1.165) is 32.2 Å². The van der Waals surface area contributed by atoms with Crippen molar-refractivity contribution in [3.63, 3.8) is 0 Å². The summed E-state index contributed by atoms with van der Waals surface area (Å²) in [6.07, 6.45) is 7.37. The Morgan fingerprint density at radius 2 is 2.06 bits per heavy atom. The van der Waals surface area contributed by atoms with Gasteiger partial charge < -0.3 is 10.2 Å². The van der Waals surface area contributed by atoms with Crippen molar-refractivity contribution in [2.24, 2.45) is 5.92 Å². The second kappa shape index (κ2) is 9.61. The Hall–Kier alpha value is -3.15. The van der Waals surface area contributed by atoms with Crippen molar-refractivity contribution in [2.45, 2.75) is 38.1 Å². The van der Waals surface area contributed by atoms with Gasteiger partial charge in [0.15, 0.2) is 0 Å². The number of carbonyl (C=O) groups excluding carboxylic acids is 1. The van der Waals surface area contributed by atoms with Crippen LogP contribution in [0.5, 0.6) is 0 Å². The van der Waals surface area contributed by atoms with Gasteiger partial charge in [-0.1, -0.05) is 29.3 Å². The summed E-state index contributed by atoms with van der Waals surface area (Å²) in [5.74, 6) is 2.05. The molecule has 1 aromatic carbocycles. The predicted molar refractivity (Wildman–Crippen MR) is 130 cm³/mol. The second-order valence-corrected chi connectivity index (χ2v) is 9.41. The zero-order valence-electron chi connectivity index (χ0n) is 18.4. The lowest BCUT2D eigenvalue weighted by Crippen LogP contribution is -2.45. The van der Waals surface area contributed by atoms with Gasteiger partial charge in [0.1, 0.15) is 11.6 Å². The third-order valence-corrected chi connectivity index (χ3v) is 6.97. The largest absolute Gasteiger partial charge is 0.350 e. The third-order valence-electron chi connectivity index (χ3n) is 6.15. The third kappa shape index (κ3) is 4.59. The summed E-state index contributed by atoms with van der Waals surface area (Å²) in [4.78, 5) is 28.1. The van der Waals surface area contributed by atoms with Gasteiger partial charge in [0.05, 0.1) is 34.4 Å². The van der Waals surface area contributed by atoms with Crippen LogP contribution in [0.4, 0.5) is 5.95 Å². The Kier molecular flexibility index (Phi) is 6.40. The second-order valence-electron chi connectivity index (χ2n) is 8.63. The standard InChI is InChI=1S/C24H23Cl2N7O/c25-19-5-1-4-18(21(19)26)22-29-13-17(8-10-27)33(22)20-9-11-28-24(31-20)30-16-3-2-12-32(14-16)23(34)15-6-7-15/h1,4-5,9,11,13,15-16H,2-3,6-8,12,14H2,(H,28,30,31). The maximum Gasteiger partial charge on any atom is 0.225 e. The molecular weight excluding hydrogens is 473 g/mol. The zero-order valence-corrected chi connectivity index (χ0v) is 19.9. The number of nitrogens with zero attached hydrogens (tertiary/aromatic N) is 6. The molecule has 1 amide bonds. The molecule has 1 atom stereocenters. The summed E-state index contributed by atoms with van der Waals surface area (Å²) >= 11 is 12.7. The summed E-state index contributed by atoms with van der Waals surface area (Å²) in [7, 11) is 0. The molecule has 0 spiro atoms. The number of hydrogen-bond donors (Lipinski definition) is 1. The minimum atomic E-state index is 0.0786. The number of amides is 1. The van der Waals surface area contributed by atoms with Crippen molar-refractivity contribution in [1.82, 2.24) is 24.4 Å². The molecule has 0 bridgehead atoms. The van der Waals surface area contributed by atoms with Crippen molar-refractivity contribution < 1.29 is 4.79 Å². The van der Waals surface area contributed by atoms with E-state index < -0.39 is 0 Å². The Balaban J connectivity index is 1.44. The number of likely N-dealkylation sites (tertiary alicyclic amines) is 1. The van der Waals surface area contributed by atoms with E-state index in [2.05, 4.69) is 21.4 Å². The van der Waals surface area contributed by atoms with E-state index in [1.54, 1.807) is 35.2 Å². The number of hydrogen-bond acceptors (Lipinski definition) is 6. The Morgan fingerprint density at radius 3 is 2.85 bits per heavy atom. The van der Waals surface area contributed by atoms with Gasteiger partial charge in [0, 0.05) is 36.8 Å². The van der Waals surface area contributed by atoms with Crippen LogP contribution in [0.15, 0.2) is 36.7 Å². The number of anilines is 1. The number of imidazole rings is 1. The van der Waals surface area contributed by atoms with Crippen LogP contribution >= 0.6 is 23.2 Å². The van der Waals surface area contributed by atoms with Gasteiger partial charge in [0.2, 0.25) is 11.9 Å². The molecule has 3 heterocycles. The molecule has 0 radical (unpaired) electrons. The summed E-state index contributed by atoms with van der Waals surface area (Å²) in [6, 6.07) is 9.37. The SMILES string of the molecule is N#CCc1cnc(-c2cccc(Cl)c2Cl)n1-c1ccnc(NC2CCCN(C(=O)C3CC3)C2)n1. The van der Waals surface area contributed by atoms with Crippen molar-refractivity contribution in [1.29, 1.82) is 5.26 Å². The van der Waals surface area contributed by atoms with E-state index in [9.17, 15) is 10.1 Å². The predicted octanol–water partition coefficient (Wildman–Crippen LogP) is 4.52. The number of carbonyl (C=O) groups is 1. The van der Waals surface area contributed by atoms with Gasteiger partial charge in [-0.05, 0) is 43.9 Å². The average molecular weight is 496 g/mol. The van der Waals surface area contributed by atoms with Gasteiger partial charge in [-0.2, -0.15) is 10.2 Å². The fourth-order valence-corrected chi connectivity index (χ4v) is 4.71. The van der Waals surface area contributed by atoms with E-state index in [1.807, 2.05) is 11.0 Å².